The summed E-state index contributed by atoms with van der Waals surface area (Å²) in [4.78, 5) is 29.8. The molecule has 0 spiro atoms. The fraction of sp³-hybridized carbons (Fsp3) is 0.278. The lowest BCUT2D eigenvalue weighted by Crippen LogP contribution is -2.35. The van der Waals surface area contributed by atoms with Crippen molar-refractivity contribution in [2.75, 3.05) is 24.3 Å². The molecular formula is C18H23N5O2. The summed E-state index contributed by atoms with van der Waals surface area (Å²) < 4.78 is 0. The maximum atomic E-state index is 12.4. The molecule has 2 rings (SSSR count). The normalized spacial score (nSPS) is 11.5. The highest BCUT2D eigenvalue weighted by molar-refractivity contribution is 5.91. The number of urea groups is 1. The first-order chi connectivity index (χ1) is 11.9. The largest absolute Gasteiger partial charge is 0.363 e. The van der Waals surface area contributed by atoms with Crippen molar-refractivity contribution in [3.05, 3.63) is 53.7 Å². The molecule has 1 heterocycles. The Labute approximate surface area is 147 Å². The molecular weight excluding hydrogens is 318 g/mol. The van der Waals surface area contributed by atoms with E-state index >= 15 is 0 Å². The molecule has 132 valence electrons. The van der Waals surface area contributed by atoms with Gasteiger partial charge in [0.2, 0.25) is 5.91 Å². The number of hydrogen-bond acceptors (Lipinski definition) is 4. The van der Waals surface area contributed by atoms with Gasteiger partial charge < -0.3 is 21.3 Å². The number of carbonyl (C=O) groups is 2. The van der Waals surface area contributed by atoms with E-state index in [1.807, 2.05) is 56.3 Å². The van der Waals surface area contributed by atoms with Crippen molar-refractivity contribution >= 4 is 23.4 Å². The molecule has 0 saturated heterocycles. The van der Waals surface area contributed by atoms with E-state index in [1.54, 1.807) is 12.3 Å². The van der Waals surface area contributed by atoms with Crippen LogP contribution in [0.2, 0.25) is 0 Å². The molecule has 1 unspecified atom stereocenters. The maximum absolute atomic E-state index is 12.4. The minimum atomic E-state index is -0.668. The molecule has 1 aromatic carbocycles. The second-order valence-corrected chi connectivity index (χ2v) is 5.97. The highest BCUT2D eigenvalue weighted by Crippen LogP contribution is 2.21. The van der Waals surface area contributed by atoms with E-state index in [2.05, 4.69) is 15.6 Å². The van der Waals surface area contributed by atoms with E-state index in [4.69, 9.17) is 5.73 Å². The van der Waals surface area contributed by atoms with Gasteiger partial charge in [-0.3, -0.25) is 4.79 Å². The standard InChI is InChI=1S/C18H23N5O2/c1-12-6-4-5-7-14(12)15(22-18(19)25)10-17(24)21-13-8-9-16(20-11-13)23(2)3/h4-9,11,15H,10H2,1-3H3,(H,21,24)(H3,19,22,25). The van der Waals surface area contributed by atoms with Crippen LogP contribution < -0.4 is 21.3 Å². The number of nitrogens with two attached hydrogens (primary N) is 1. The van der Waals surface area contributed by atoms with E-state index in [0.717, 1.165) is 16.9 Å². The van der Waals surface area contributed by atoms with Crippen molar-refractivity contribution in [2.24, 2.45) is 5.73 Å². The summed E-state index contributed by atoms with van der Waals surface area (Å²) in [7, 11) is 3.78. The number of amides is 3. The zero-order chi connectivity index (χ0) is 18.4. The number of aryl methyl sites for hydroxylation is 1. The van der Waals surface area contributed by atoms with Crippen LogP contribution in [0, 0.1) is 6.92 Å². The Hall–Kier alpha value is -3.09. The first kappa shape index (κ1) is 18.3. The first-order valence-corrected chi connectivity index (χ1v) is 7.91. The van der Waals surface area contributed by atoms with Crippen LogP contribution in [0.3, 0.4) is 0 Å². The van der Waals surface area contributed by atoms with Gasteiger partial charge in [-0.1, -0.05) is 24.3 Å². The molecule has 0 saturated carbocycles. The van der Waals surface area contributed by atoms with Gasteiger partial charge in [-0.2, -0.15) is 0 Å². The van der Waals surface area contributed by atoms with E-state index in [9.17, 15) is 9.59 Å². The number of pyridine rings is 1. The van der Waals surface area contributed by atoms with Crippen LogP contribution in [0.1, 0.15) is 23.6 Å². The van der Waals surface area contributed by atoms with Gasteiger partial charge in [-0.25, -0.2) is 9.78 Å². The zero-order valence-corrected chi connectivity index (χ0v) is 14.6. The minimum Gasteiger partial charge on any atom is -0.363 e. The summed E-state index contributed by atoms with van der Waals surface area (Å²) in [6, 6.07) is 9.99. The predicted octanol–water partition coefficient (Wildman–Crippen LogP) is 2.19. The van der Waals surface area contributed by atoms with Gasteiger partial charge in [0.1, 0.15) is 5.82 Å². The molecule has 25 heavy (non-hydrogen) atoms. The summed E-state index contributed by atoms with van der Waals surface area (Å²) in [5.74, 6) is 0.563. The fourth-order valence-corrected chi connectivity index (χ4v) is 2.51. The van der Waals surface area contributed by atoms with Crippen LogP contribution in [0.25, 0.3) is 0 Å². The molecule has 0 aliphatic rings. The number of hydrogen-bond donors (Lipinski definition) is 3. The summed E-state index contributed by atoms with van der Waals surface area (Å²) in [5.41, 5.74) is 7.69. The molecule has 3 amide bonds. The molecule has 1 atom stereocenters. The molecule has 0 radical (unpaired) electrons. The van der Waals surface area contributed by atoms with Gasteiger partial charge >= 0.3 is 6.03 Å². The van der Waals surface area contributed by atoms with Gasteiger partial charge in [0.25, 0.3) is 0 Å². The molecule has 0 aliphatic heterocycles. The Morgan fingerprint density at radius 1 is 1.20 bits per heavy atom. The molecule has 0 bridgehead atoms. The van der Waals surface area contributed by atoms with Crippen LogP contribution in [-0.2, 0) is 4.79 Å². The third-order valence-electron chi connectivity index (χ3n) is 3.76. The monoisotopic (exact) mass is 341 g/mol. The summed E-state index contributed by atoms with van der Waals surface area (Å²) >= 11 is 0. The lowest BCUT2D eigenvalue weighted by atomic mass is 9.98. The van der Waals surface area contributed by atoms with E-state index in [-0.39, 0.29) is 12.3 Å². The van der Waals surface area contributed by atoms with E-state index in [0.29, 0.717) is 5.69 Å². The summed E-state index contributed by atoms with van der Waals surface area (Å²) in [5, 5.41) is 5.42. The van der Waals surface area contributed by atoms with Crippen molar-refractivity contribution in [1.82, 2.24) is 10.3 Å². The van der Waals surface area contributed by atoms with Gasteiger partial charge in [0.15, 0.2) is 0 Å². The SMILES string of the molecule is Cc1ccccc1C(CC(=O)Nc1ccc(N(C)C)nc1)NC(N)=O. The number of nitrogens with one attached hydrogen (secondary N) is 2. The van der Waals surface area contributed by atoms with Crippen LogP contribution >= 0.6 is 0 Å². The van der Waals surface area contributed by atoms with Crippen molar-refractivity contribution in [3.8, 4) is 0 Å². The van der Waals surface area contributed by atoms with E-state index in [1.165, 1.54) is 0 Å². The minimum absolute atomic E-state index is 0.0726. The maximum Gasteiger partial charge on any atom is 0.312 e. The van der Waals surface area contributed by atoms with Crippen LogP contribution in [0.4, 0.5) is 16.3 Å². The quantitative estimate of drug-likeness (QED) is 0.750. The Bertz CT molecular complexity index is 743. The van der Waals surface area contributed by atoms with Crippen molar-refractivity contribution in [1.29, 1.82) is 0 Å². The number of aromatic nitrogens is 1. The molecule has 7 nitrogen and oxygen atoms in total. The number of carbonyl (C=O) groups excluding carboxylic acids is 2. The number of primary amides is 1. The Balaban J connectivity index is 2.09. The number of anilines is 2. The van der Waals surface area contributed by atoms with Crippen molar-refractivity contribution < 1.29 is 9.59 Å². The number of rotatable bonds is 6. The third kappa shape index (κ3) is 5.20. The van der Waals surface area contributed by atoms with Crippen LogP contribution in [0.5, 0.6) is 0 Å². The Morgan fingerprint density at radius 2 is 1.92 bits per heavy atom. The van der Waals surface area contributed by atoms with Gasteiger partial charge in [0, 0.05) is 14.1 Å². The molecule has 1 aromatic heterocycles. The highest BCUT2D eigenvalue weighted by atomic mass is 16.2. The number of benzene rings is 1. The van der Waals surface area contributed by atoms with Crippen LogP contribution in [0.15, 0.2) is 42.6 Å². The lowest BCUT2D eigenvalue weighted by Gasteiger charge is -2.19. The summed E-state index contributed by atoms with van der Waals surface area (Å²) in [6.07, 6.45) is 1.67. The second kappa shape index (κ2) is 8.14. The zero-order valence-electron chi connectivity index (χ0n) is 14.6. The second-order valence-electron chi connectivity index (χ2n) is 5.97. The van der Waals surface area contributed by atoms with Gasteiger partial charge in [-0.15, -0.1) is 0 Å². The summed E-state index contributed by atoms with van der Waals surface area (Å²) in [6.45, 7) is 1.92. The molecule has 7 heteroatoms. The first-order valence-electron chi connectivity index (χ1n) is 7.91. The highest BCUT2D eigenvalue weighted by Gasteiger charge is 2.19. The fourth-order valence-electron chi connectivity index (χ4n) is 2.51. The molecule has 4 N–H and O–H groups in total. The molecule has 0 fully saturated rings. The van der Waals surface area contributed by atoms with E-state index < -0.39 is 12.1 Å². The molecule has 2 aromatic rings. The Kier molecular flexibility index (Phi) is 5.94. The number of nitrogens with zero attached hydrogens (tertiary/aromatic N) is 2. The van der Waals surface area contributed by atoms with Crippen molar-refractivity contribution in [3.63, 3.8) is 0 Å². The smallest absolute Gasteiger partial charge is 0.312 e. The predicted molar refractivity (Wildman–Crippen MR) is 98.4 cm³/mol. The third-order valence-corrected chi connectivity index (χ3v) is 3.76. The van der Waals surface area contributed by atoms with Crippen molar-refractivity contribution in [2.45, 2.75) is 19.4 Å². The molecule has 0 aliphatic carbocycles. The average molecular weight is 341 g/mol. The topological polar surface area (TPSA) is 100 Å². The lowest BCUT2D eigenvalue weighted by molar-refractivity contribution is -0.116. The van der Waals surface area contributed by atoms with Crippen LogP contribution in [-0.4, -0.2) is 31.0 Å². The van der Waals surface area contributed by atoms with Gasteiger partial charge in [0.05, 0.1) is 24.3 Å². The Morgan fingerprint density at radius 3 is 2.48 bits per heavy atom. The van der Waals surface area contributed by atoms with Gasteiger partial charge in [-0.05, 0) is 30.2 Å². The average Bonchev–Trinajstić information content (AvgIpc) is 2.54.